The first-order valence-corrected chi connectivity index (χ1v) is 5.85. The van der Waals surface area contributed by atoms with Gasteiger partial charge in [-0.05, 0) is 36.5 Å². The van der Waals surface area contributed by atoms with E-state index in [4.69, 9.17) is 10.5 Å². The predicted molar refractivity (Wildman–Crippen MR) is 63.5 cm³/mol. The average Bonchev–Trinajstić information content (AvgIpc) is 2.82. The van der Waals surface area contributed by atoms with Crippen molar-refractivity contribution in [3.63, 3.8) is 0 Å². The maximum Gasteiger partial charge on any atom is 0.160 e. The van der Waals surface area contributed by atoms with Crippen LogP contribution in [0.4, 0.5) is 0 Å². The van der Waals surface area contributed by atoms with Gasteiger partial charge in [-0.1, -0.05) is 18.9 Å². The lowest BCUT2D eigenvalue weighted by Crippen LogP contribution is -2.19. The second-order valence-electron chi connectivity index (χ2n) is 4.50. The summed E-state index contributed by atoms with van der Waals surface area (Å²) in [7, 11) is 1.56. The van der Waals surface area contributed by atoms with Gasteiger partial charge in [-0.15, -0.1) is 0 Å². The third kappa shape index (κ3) is 2.14. The zero-order chi connectivity index (χ0) is 11.5. The van der Waals surface area contributed by atoms with Gasteiger partial charge in [0.2, 0.25) is 0 Å². The minimum atomic E-state index is 0.0667. The van der Waals surface area contributed by atoms with Crippen molar-refractivity contribution in [2.45, 2.75) is 31.7 Å². The Balaban J connectivity index is 2.19. The Kier molecular flexibility index (Phi) is 3.34. The first-order valence-electron chi connectivity index (χ1n) is 5.85. The number of hydrogen-bond donors (Lipinski definition) is 2. The molecule has 1 saturated carbocycles. The zero-order valence-corrected chi connectivity index (χ0v) is 9.65. The molecule has 0 aliphatic heterocycles. The highest BCUT2D eigenvalue weighted by molar-refractivity contribution is 5.42. The minimum absolute atomic E-state index is 0.0667. The SMILES string of the molecule is COc1cc([C@@H](N)C2CCCC2)ccc1O. The molecule has 0 aromatic heterocycles. The molecule has 1 aromatic carbocycles. The van der Waals surface area contributed by atoms with Crippen molar-refractivity contribution in [3.05, 3.63) is 23.8 Å². The van der Waals surface area contributed by atoms with Crippen LogP contribution in [0.3, 0.4) is 0 Å². The van der Waals surface area contributed by atoms with Crippen molar-refractivity contribution in [1.82, 2.24) is 0 Å². The summed E-state index contributed by atoms with van der Waals surface area (Å²) in [6.45, 7) is 0. The quantitative estimate of drug-likeness (QED) is 0.824. The molecule has 3 heteroatoms. The van der Waals surface area contributed by atoms with E-state index < -0.39 is 0 Å². The lowest BCUT2D eigenvalue weighted by Gasteiger charge is -2.19. The molecule has 3 N–H and O–H groups in total. The Hall–Kier alpha value is -1.22. The van der Waals surface area contributed by atoms with Crippen molar-refractivity contribution in [2.75, 3.05) is 7.11 Å². The third-order valence-electron chi connectivity index (χ3n) is 3.50. The number of nitrogens with two attached hydrogens (primary N) is 1. The highest BCUT2D eigenvalue weighted by atomic mass is 16.5. The molecule has 2 rings (SSSR count). The van der Waals surface area contributed by atoms with E-state index >= 15 is 0 Å². The summed E-state index contributed by atoms with van der Waals surface area (Å²) in [5.74, 6) is 1.25. The molecule has 3 nitrogen and oxygen atoms in total. The second kappa shape index (κ2) is 4.74. The number of rotatable bonds is 3. The number of hydrogen-bond acceptors (Lipinski definition) is 3. The van der Waals surface area contributed by atoms with Crippen LogP contribution < -0.4 is 10.5 Å². The van der Waals surface area contributed by atoms with Crippen LogP contribution in [0.5, 0.6) is 11.5 Å². The summed E-state index contributed by atoms with van der Waals surface area (Å²) < 4.78 is 5.09. The maximum atomic E-state index is 9.52. The molecule has 16 heavy (non-hydrogen) atoms. The van der Waals surface area contributed by atoms with Crippen LogP contribution in [0.15, 0.2) is 18.2 Å². The second-order valence-corrected chi connectivity index (χ2v) is 4.50. The molecule has 0 unspecified atom stereocenters. The standard InChI is InChI=1S/C13H19NO2/c1-16-12-8-10(6-7-11(12)15)13(14)9-4-2-3-5-9/h6-9,13,15H,2-5,14H2,1H3/t13-/m0/s1. The van der Waals surface area contributed by atoms with Gasteiger partial charge in [-0.2, -0.15) is 0 Å². The Labute approximate surface area is 96.2 Å². The van der Waals surface area contributed by atoms with Gasteiger partial charge < -0.3 is 15.6 Å². The van der Waals surface area contributed by atoms with Gasteiger partial charge in [0.05, 0.1) is 7.11 Å². The lowest BCUT2D eigenvalue weighted by molar-refractivity contribution is 0.370. The van der Waals surface area contributed by atoms with Gasteiger partial charge in [-0.25, -0.2) is 0 Å². The molecule has 1 aliphatic carbocycles. The molecule has 1 aliphatic rings. The molecule has 0 bridgehead atoms. The first kappa shape index (κ1) is 11.3. The molecule has 1 fully saturated rings. The van der Waals surface area contributed by atoms with E-state index in [0.29, 0.717) is 11.7 Å². The monoisotopic (exact) mass is 221 g/mol. The Morgan fingerprint density at radius 3 is 2.69 bits per heavy atom. The average molecular weight is 221 g/mol. The maximum absolute atomic E-state index is 9.52. The van der Waals surface area contributed by atoms with Gasteiger partial charge in [0.25, 0.3) is 0 Å². The van der Waals surface area contributed by atoms with E-state index in [1.165, 1.54) is 25.7 Å². The normalized spacial score (nSPS) is 18.6. The molecule has 0 heterocycles. The number of aromatic hydroxyl groups is 1. The van der Waals surface area contributed by atoms with Crippen molar-refractivity contribution in [1.29, 1.82) is 0 Å². The number of phenolic OH excluding ortho intramolecular Hbond substituents is 1. The molecule has 0 saturated heterocycles. The highest BCUT2D eigenvalue weighted by Crippen LogP contribution is 2.36. The fourth-order valence-corrected chi connectivity index (χ4v) is 2.49. The molecular formula is C13H19NO2. The van der Waals surface area contributed by atoms with E-state index in [9.17, 15) is 5.11 Å². The molecule has 88 valence electrons. The summed E-state index contributed by atoms with van der Waals surface area (Å²) in [6.07, 6.45) is 5.00. The Morgan fingerprint density at radius 2 is 2.06 bits per heavy atom. The van der Waals surface area contributed by atoms with Crippen LogP contribution >= 0.6 is 0 Å². The summed E-state index contributed by atoms with van der Waals surface area (Å²) in [5.41, 5.74) is 7.29. The number of methoxy groups -OCH3 is 1. The fraction of sp³-hybridized carbons (Fsp3) is 0.538. The van der Waals surface area contributed by atoms with Crippen molar-refractivity contribution >= 4 is 0 Å². The summed E-state index contributed by atoms with van der Waals surface area (Å²) >= 11 is 0. The van der Waals surface area contributed by atoms with E-state index in [1.54, 1.807) is 13.2 Å². The van der Waals surface area contributed by atoms with Gasteiger partial charge in [-0.3, -0.25) is 0 Å². The van der Waals surface area contributed by atoms with Crippen LogP contribution in [-0.2, 0) is 0 Å². The predicted octanol–water partition coefficient (Wildman–Crippen LogP) is 2.59. The number of ether oxygens (including phenoxy) is 1. The topological polar surface area (TPSA) is 55.5 Å². The summed E-state index contributed by atoms with van der Waals surface area (Å²) in [4.78, 5) is 0. The van der Waals surface area contributed by atoms with E-state index in [0.717, 1.165) is 5.56 Å². The summed E-state index contributed by atoms with van der Waals surface area (Å²) in [5, 5.41) is 9.52. The van der Waals surface area contributed by atoms with Crippen LogP contribution in [0.25, 0.3) is 0 Å². The zero-order valence-electron chi connectivity index (χ0n) is 9.65. The van der Waals surface area contributed by atoms with E-state index in [1.807, 2.05) is 12.1 Å². The molecule has 0 radical (unpaired) electrons. The van der Waals surface area contributed by atoms with Crippen molar-refractivity contribution in [2.24, 2.45) is 11.7 Å². The fourth-order valence-electron chi connectivity index (χ4n) is 2.49. The van der Waals surface area contributed by atoms with Crippen molar-refractivity contribution < 1.29 is 9.84 Å². The smallest absolute Gasteiger partial charge is 0.160 e. The highest BCUT2D eigenvalue weighted by Gasteiger charge is 2.23. The van der Waals surface area contributed by atoms with Gasteiger partial charge in [0.15, 0.2) is 11.5 Å². The first-order chi connectivity index (χ1) is 7.72. The third-order valence-corrected chi connectivity index (χ3v) is 3.50. The van der Waals surface area contributed by atoms with Crippen LogP contribution in [0, 0.1) is 5.92 Å². The molecule has 0 spiro atoms. The van der Waals surface area contributed by atoms with Crippen molar-refractivity contribution in [3.8, 4) is 11.5 Å². The van der Waals surface area contributed by atoms with E-state index in [2.05, 4.69) is 0 Å². The van der Waals surface area contributed by atoms with Crippen LogP contribution in [0.1, 0.15) is 37.3 Å². The summed E-state index contributed by atoms with van der Waals surface area (Å²) in [6, 6.07) is 5.46. The minimum Gasteiger partial charge on any atom is -0.504 e. The van der Waals surface area contributed by atoms with E-state index in [-0.39, 0.29) is 11.8 Å². The van der Waals surface area contributed by atoms with Crippen LogP contribution in [0.2, 0.25) is 0 Å². The Bertz CT molecular complexity index is 359. The molecular weight excluding hydrogens is 202 g/mol. The molecule has 1 aromatic rings. The molecule has 0 amide bonds. The van der Waals surface area contributed by atoms with Gasteiger partial charge in [0, 0.05) is 6.04 Å². The lowest BCUT2D eigenvalue weighted by atomic mass is 9.92. The van der Waals surface area contributed by atoms with Gasteiger partial charge in [0.1, 0.15) is 0 Å². The molecule has 1 atom stereocenters. The number of phenols is 1. The number of benzene rings is 1. The largest absolute Gasteiger partial charge is 0.504 e. The Morgan fingerprint density at radius 1 is 1.38 bits per heavy atom. The van der Waals surface area contributed by atoms with Crippen LogP contribution in [-0.4, -0.2) is 12.2 Å². The van der Waals surface area contributed by atoms with Gasteiger partial charge >= 0.3 is 0 Å².